The maximum absolute atomic E-state index is 10.7. The standard InChI is InChI=1S/C13H19NO2/c1-3-11-8-13(15,5-7-16-11)12-9-14-6-4-10(12)2/h4,6,9,11,15H,3,5,7-8H2,1-2H3. The lowest BCUT2D eigenvalue weighted by Crippen LogP contribution is -2.38. The Hall–Kier alpha value is -0.930. The molecule has 0 amide bonds. The highest BCUT2D eigenvalue weighted by Crippen LogP contribution is 2.36. The predicted octanol–water partition coefficient (Wildman–Crippen LogP) is 2.17. The second kappa shape index (κ2) is 4.52. The first-order valence-corrected chi connectivity index (χ1v) is 5.91. The van der Waals surface area contributed by atoms with Crippen molar-refractivity contribution in [1.29, 1.82) is 0 Å². The van der Waals surface area contributed by atoms with Gasteiger partial charge in [-0.15, -0.1) is 0 Å². The van der Waals surface area contributed by atoms with Crippen molar-refractivity contribution in [1.82, 2.24) is 4.98 Å². The maximum Gasteiger partial charge on any atom is 0.0960 e. The molecule has 1 aliphatic rings. The number of nitrogens with zero attached hydrogens (tertiary/aromatic N) is 1. The van der Waals surface area contributed by atoms with Gasteiger partial charge in [0.25, 0.3) is 0 Å². The van der Waals surface area contributed by atoms with E-state index in [0.717, 1.165) is 17.5 Å². The third kappa shape index (κ3) is 2.11. The molecule has 16 heavy (non-hydrogen) atoms. The molecule has 0 saturated carbocycles. The Bertz CT molecular complexity index is 367. The Balaban J connectivity index is 2.27. The zero-order valence-corrected chi connectivity index (χ0v) is 9.94. The first kappa shape index (κ1) is 11.6. The highest BCUT2D eigenvalue weighted by atomic mass is 16.5. The van der Waals surface area contributed by atoms with Crippen LogP contribution >= 0.6 is 0 Å². The molecule has 3 nitrogen and oxygen atoms in total. The molecule has 0 spiro atoms. The Labute approximate surface area is 96.5 Å². The molecule has 1 aliphatic heterocycles. The van der Waals surface area contributed by atoms with Gasteiger partial charge in [-0.1, -0.05) is 6.92 Å². The molecule has 1 fully saturated rings. The fraction of sp³-hybridized carbons (Fsp3) is 0.615. The summed E-state index contributed by atoms with van der Waals surface area (Å²) in [6.07, 6.45) is 6.00. The van der Waals surface area contributed by atoms with Gasteiger partial charge in [0.2, 0.25) is 0 Å². The minimum absolute atomic E-state index is 0.165. The van der Waals surface area contributed by atoms with Gasteiger partial charge in [0.1, 0.15) is 0 Å². The third-order valence-corrected chi connectivity index (χ3v) is 3.43. The summed E-state index contributed by atoms with van der Waals surface area (Å²) in [5, 5.41) is 10.7. The summed E-state index contributed by atoms with van der Waals surface area (Å²) in [7, 11) is 0. The molecular weight excluding hydrogens is 202 g/mol. The second-order valence-corrected chi connectivity index (χ2v) is 4.58. The van der Waals surface area contributed by atoms with Gasteiger partial charge < -0.3 is 9.84 Å². The van der Waals surface area contributed by atoms with Crippen molar-refractivity contribution < 1.29 is 9.84 Å². The van der Waals surface area contributed by atoms with Crippen LogP contribution in [0.1, 0.15) is 37.3 Å². The second-order valence-electron chi connectivity index (χ2n) is 4.58. The average molecular weight is 221 g/mol. The predicted molar refractivity (Wildman–Crippen MR) is 62.1 cm³/mol. The van der Waals surface area contributed by atoms with Crippen LogP contribution < -0.4 is 0 Å². The molecule has 0 aromatic carbocycles. The van der Waals surface area contributed by atoms with Gasteiger partial charge in [-0.25, -0.2) is 0 Å². The molecule has 3 heteroatoms. The van der Waals surface area contributed by atoms with Crippen molar-refractivity contribution in [3.63, 3.8) is 0 Å². The number of aliphatic hydroxyl groups is 1. The lowest BCUT2D eigenvalue weighted by Gasteiger charge is -2.37. The number of hydrogen-bond acceptors (Lipinski definition) is 3. The van der Waals surface area contributed by atoms with Gasteiger partial charge in [-0.3, -0.25) is 4.98 Å². The van der Waals surface area contributed by atoms with Gasteiger partial charge >= 0.3 is 0 Å². The number of pyridine rings is 1. The molecule has 1 aromatic rings. The zero-order chi connectivity index (χ0) is 11.6. The average Bonchev–Trinajstić information content (AvgIpc) is 2.29. The first-order valence-electron chi connectivity index (χ1n) is 5.91. The molecule has 0 radical (unpaired) electrons. The van der Waals surface area contributed by atoms with Crippen LogP contribution in [-0.2, 0) is 10.3 Å². The van der Waals surface area contributed by atoms with Crippen LogP contribution in [0.4, 0.5) is 0 Å². The van der Waals surface area contributed by atoms with E-state index in [4.69, 9.17) is 4.74 Å². The summed E-state index contributed by atoms with van der Waals surface area (Å²) in [5.74, 6) is 0. The smallest absolute Gasteiger partial charge is 0.0960 e. The first-order chi connectivity index (χ1) is 7.65. The SMILES string of the molecule is CCC1CC(O)(c2cnccc2C)CCO1. The molecule has 88 valence electrons. The van der Waals surface area contributed by atoms with Crippen molar-refractivity contribution in [2.75, 3.05) is 6.61 Å². The van der Waals surface area contributed by atoms with E-state index >= 15 is 0 Å². The Morgan fingerprint density at radius 1 is 1.62 bits per heavy atom. The van der Waals surface area contributed by atoms with Crippen molar-refractivity contribution in [3.05, 3.63) is 29.6 Å². The number of aryl methyl sites for hydroxylation is 1. The summed E-state index contributed by atoms with van der Waals surface area (Å²) in [6.45, 7) is 4.74. The third-order valence-electron chi connectivity index (χ3n) is 3.43. The minimum atomic E-state index is -0.753. The molecule has 1 aromatic heterocycles. The maximum atomic E-state index is 10.7. The van der Waals surface area contributed by atoms with Gasteiger partial charge in [-0.05, 0) is 25.0 Å². The minimum Gasteiger partial charge on any atom is -0.385 e. The van der Waals surface area contributed by atoms with E-state index in [1.165, 1.54) is 0 Å². The molecular formula is C13H19NO2. The summed E-state index contributed by atoms with van der Waals surface area (Å²) < 4.78 is 5.60. The van der Waals surface area contributed by atoms with Crippen molar-refractivity contribution in [2.24, 2.45) is 0 Å². The number of hydrogen-bond donors (Lipinski definition) is 1. The topological polar surface area (TPSA) is 42.4 Å². The Kier molecular flexibility index (Phi) is 3.26. The zero-order valence-electron chi connectivity index (χ0n) is 9.94. The van der Waals surface area contributed by atoms with E-state index in [9.17, 15) is 5.11 Å². The van der Waals surface area contributed by atoms with Crippen LogP contribution in [0.2, 0.25) is 0 Å². The number of ether oxygens (including phenoxy) is 1. The summed E-state index contributed by atoms with van der Waals surface area (Å²) >= 11 is 0. The quantitative estimate of drug-likeness (QED) is 0.832. The van der Waals surface area contributed by atoms with Crippen LogP contribution in [0.15, 0.2) is 18.5 Å². The fourth-order valence-corrected chi connectivity index (χ4v) is 2.39. The van der Waals surface area contributed by atoms with Gasteiger partial charge in [0.05, 0.1) is 18.3 Å². The van der Waals surface area contributed by atoms with E-state index < -0.39 is 5.60 Å². The summed E-state index contributed by atoms with van der Waals surface area (Å²) in [4.78, 5) is 4.12. The van der Waals surface area contributed by atoms with E-state index in [1.807, 2.05) is 13.0 Å². The van der Waals surface area contributed by atoms with Gasteiger partial charge in [-0.2, -0.15) is 0 Å². The van der Waals surface area contributed by atoms with E-state index in [2.05, 4.69) is 11.9 Å². The van der Waals surface area contributed by atoms with Crippen molar-refractivity contribution >= 4 is 0 Å². The van der Waals surface area contributed by atoms with E-state index in [-0.39, 0.29) is 6.10 Å². The van der Waals surface area contributed by atoms with Crippen LogP contribution in [0, 0.1) is 6.92 Å². The lowest BCUT2D eigenvalue weighted by atomic mass is 9.82. The van der Waals surface area contributed by atoms with Crippen molar-refractivity contribution in [3.8, 4) is 0 Å². The summed E-state index contributed by atoms with van der Waals surface area (Å²) in [5.41, 5.74) is 1.31. The lowest BCUT2D eigenvalue weighted by molar-refractivity contribution is -0.109. The molecule has 0 bridgehead atoms. The number of rotatable bonds is 2. The van der Waals surface area contributed by atoms with Crippen LogP contribution in [0.3, 0.4) is 0 Å². The van der Waals surface area contributed by atoms with Crippen LogP contribution in [0.5, 0.6) is 0 Å². The fourth-order valence-electron chi connectivity index (χ4n) is 2.39. The molecule has 2 heterocycles. The highest BCUT2D eigenvalue weighted by Gasteiger charge is 2.37. The molecule has 1 N–H and O–H groups in total. The van der Waals surface area contributed by atoms with E-state index in [0.29, 0.717) is 19.4 Å². The summed E-state index contributed by atoms with van der Waals surface area (Å²) in [6, 6.07) is 1.95. The largest absolute Gasteiger partial charge is 0.385 e. The molecule has 0 aliphatic carbocycles. The molecule has 2 unspecified atom stereocenters. The molecule has 1 saturated heterocycles. The van der Waals surface area contributed by atoms with Gasteiger partial charge in [0, 0.05) is 30.8 Å². The Morgan fingerprint density at radius 3 is 3.12 bits per heavy atom. The molecule has 2 rings (SSSR count). The van der Waals surface area contributed by atoms with Gasteiger partial charge in [0.15, 0.2) is 0 Å². The van der Waals surface area contributed by atoms with Crippen LogP contribution in [0.25, 0.3) is 0 Å². The molecule has 2 atom stereocenters. The number of aromatic nitrogens is 1. The van der Waals surface area contributed by atoms with Crippen LogP contribution in [-0.4, -0.2) is 22.8 Å². The normalized spacial score (nSPS) is 30.3. The highest BCUT2D eigenvalue weighted by molar-refractivity contribution is 5.28. The monoisotopic (exact) mass is 221 g/mol. The van der Waals surface area contributed by atoms with E-state index in [1.54, 1.807) is 12.4 Å². The van der Waals surface area contributed by atoms with Crippen molar-refractivity contribution in [2.45, 2.75) is 44.8 Å². The Morgan fingerprint density at radius 2 is 2.44 bits per heavy atom.